The van der Waals surface area contributed by atoms with Gasteiger partial charge in [-0.1, -0.05) is 33.3 Å². The van der Waals surface area contributed by atoms with Crippen LogP contribution >= 0.6 is 0 Å². The molecule has 2 aliphatic carbocycles. The molecule has 0 amide bonds. The second kappa shape index (κ2) is 7.16. The van der Waals surface area contributed by atoms with Crippen LogP contribution < -0.4 is 5.32 Å². The van der Waals surface area contributed by atoms with Crippen molar-refractivity contribution in [2.24, 2.45) is 22.7 Å². The van der Waals surface area contributed by atoms with Crippen LogP contribution in [-0.4, -0.2) is 41.6 Å². The summed E-state index contributed by atoms with van der Waals surface area (Å²) in [5.41, 5.74) is -1.62. The first-order valence-electron chi connectivity index (χ1n) is 11.8. The Bertz CT molecular complexity index is 741. The van der Waals surface area contributed by atoms with Crippen LogP contribution in [0.1, 0.15) is 79.6 Å². The van der Waals surface area contributed by atoms with Crippen molar-refractivity contribution in [2.45, 2.75) is 103 Å². The Hall–Kier alpha value is -1.20. The third-order valence-electron chi connectivity index (χ3n) is 8.93. The highest BCUT2D eigenvalue weighted by atomic mass is 16.6. The van der Waals surface area contributed by atoms with E-state index in [-0.39, 0.29) is 34.5 Å². The monoisotopic (exact) mass is 417 g/mol. The highest BCUT2D eigenvalue weighted by Crippen LogP contribution is 2.65. The molecule has 2 saturated carbocycles. The fraction of sp³-hybridized carbons (Fsp3) is 0.840. The number of Topliss-reactive ketones (excluding diaryl/α,β-unsaturated/α-hetero) is 1. The molecule has 2 aliphatic heterocycles. The Labute approximate surface area is 181 Å². The fourth-order valence-electron chi connectivity index (χ4n) is 7.57. The van der Waals surface area contributed by atoms with Crippen molar-refractivity contribution in [1.29, 1.82) is 0 Å². The predicted octanol–water partition coefficient (Wildman–Crippen LogP) is 4.20. The van der Waals surface area contributed by atoms with Crippen molar-refractivity contribution < 1.29 is 19.1 Å². The molecule has 4 fully saturated rings. The highest BCUT2D eigenvalue weighted by molar-refractivity contribution is 5.86. The van der Waals surface area contributed by atoms with Crippen LogP contribution in [0.25, 0.3) is 0 Å². The van der Waals surface area contributed by atoms with Gasteiger partial charge in [0.05, 0.1) is 11.5 Å². The number of carbonyl (C=O) groups excluding carboxylic acids is 2. The molecule has 168 valence electrons. The van der Waals surface area contributed by atoms with Crippen molar-refractivity contribution >= 4 is 11.8 Å². The summed E-state index contributed by atoms with van der Waals surface area (Å²) in [5.74, 6) is 0.0743. The van der Waals surface area contributed by atoms with Gasteiger partial charge in [0.25, 0.3) is 0 Å². The summed E-state index contributed by atoms with van der Waals surface area (Å²) in [4.78, 5) is 26.7. The van der Waals surface area contributed by atoms with E-state index in [1.807, 2.05) is 13.8 Å². The normalized spacial score (nSPS) is 47.8. The zero-order chi connectivity index (χ0) is 21.9. The summed E-state index contributed by atoms with van der Waals surface area (Å²) in [6.07, 6.45) is 7.46. The minimum absolute atomic E-state index is 0.101. The van der Waals surface area contributed by atoms with Gasteiger partial charge in [-0.15, -0.1) is 6.58 Å². The standard InChI is InChI=1S/C25H39NO4/c1-7-23(4)15-17(27)20-24(5)12-9-11-22(2,3)18(24)14-19(25(20,6)30-23)29-21(28)16-10-8-13-26-16/h7,16,18-20,26H,1,8-15H2,2-6H3/t16?,18-,19-,20+,23-,24-,25+/m0/s1. The lowest BCUT2D eigenvalue weighted by molar-refractivity contribution is -0.280. The molecule has 4 aliphatic rings. The van der Waals surface area contributed by atoms with Gasteiger partial charge in [0.2, 0.25) is 0 Å². The molecule has 5 heteroatoms. The molecule has 4 rings (SSSR count). The molecule has 2 saturated heterocycles. The first-order chi connectivity index (χ1) is 14.0. The molecule has 0 aromatic rings. The molecule has 1 unspecified atom stereocenters. The molecular formula is C25H39NO4. The number of hydrogen-bond donors (Lipinski definition) is 1. The average molecular weight is 418 g/mol. The lowest BCUT2D eigenvalue weighted by Gasteiger charge is -2.65. The smallest absolute Gasteiger partial charge is 0.323 e. The molecule has 30 heavy (non-hydrogen) atoms. The second-order valence-corrected chi connectivity index (χ2v) is 11.6. The summed E-state index contributed by atoms with van der Waals surface area (Å²) in [6, 6.07) is -0.246. The lowest BCUT2D eigenvalue weighted by Crippen LogP contribution is -2.71. The van der Waals surface area contributed by atoms with Gasteiger partial charge in [-0.3, -0.25) is 9.59 Å². The fourth-order valence-corrected chi connectivity index (χ4v) is 7.57. The molecule has 1 N–H and O–H groups in total. The van der Waals surface area contributed by atoms with Gasteiger partial charge in [-0.05, 0) is 69.2 Å². The Morgan fingerprint density at radius 1 is 1.20 bits per heavy atom. The van der Waals surface area contributed by atoms with Crippen molar-refractivity contribution in [3.63, 3.8) is 0 Å². The maximum Gasteiger partial charge on any atom is 0.323 e. The molecule has 0 aromatic heterocycles. The molecule has 2 heterocycles. The van der Waals surface area contributed by atoms with Gasteiger partial charge >= 0.3 is 5.97 Å². The first-order valence-corrected chi connectivity index (χ1v) is 11.8. The van der Waals surface area contributed by atoms with Crippen LogP contribution in [0.4, 0.5) is 0 Å². The molecule has 0 spiro atoms. The van der Waals surface area contributed by atoms with Crippen LogP contribution in [0.2, 0.25) is 0 Å². The van der Waals surface area contributed by atoms with E-state index in [2.05, 4.69) is 32.7 Å². The highest BCUT2D eigenvalue weighted by Gasteiger charge is 2.68. The van der Waals surface area contributed by atoms with E-state index in [1.165, 1.54) is 0 Å². The van der Waals surface area contributed by atoms with E-state index in [9.17, 15) is 9.59 Å². The van der Waals surface area contributed by atoms with E-state index < -0.39 is 17.3 Å². The van der Waals surface area contributed by atoms with E-state index >= 15 is 0 Å². The summed E-state index contributed by atoms with van der Waals surface area (Å²) in [5, 5.41) is 3.25. The third kappa shape index (κ3) is 3.28. The van der Waals surface area contributed by atoms with Gasteiger partial charge in [0.15, 0.2) is 0 Å². The molecule has 0 bridgehead atoms. The Balaban J connectivity index is 1.75. The van der Waals surface area contributed by atoms with Crippen LogP contribution in [0.5, 0.6) is 0 Å². The lowest BCUT2D eigenvalue weighted by atomic mass is 9.43. The van der Waals surface area contributed by atoms with Crippen molar-refractivity contribution in [1.82, 2.24) is 5.32 Å². The maximum atomic E-state index is 13.7. The molecule has 7 atom stereocenters. The first kappa shape index (κ1) is 22.0. The second-order valence-electron chi connectivity index (χ2n) is 11.6. The van der Waals surface area contributed by atoms with Gasteiger partial charge in [0, 0.05) is 6.42 Å². The van der Waals surface area contributed by atoms with Crippen LogP contribution in [0, 0.1) is 22.7 Å². The van der Waals surface area contributed by atoms with Gasteiger partial charge in [-0.2, -0.15) is 0 Å². The third-order valence-corrected chi connectivity index (χ3v) is 8.93. The number of carbonyl (C=O) groups is 2. The molecular weight excluding hydrogens is 378 g/mol. The summed E-state index contributed by atoms with van der Waals surface area (Å²) in [7, 11) is 0. The summed E-state index contributed by atoms with van der Waals surface area (Å²) in [6.45, 7) is 15.6. The predicted molar refractivity (Wildman–Crippen MR) is 116 cm³/mol. The van der Waals surface area contributed by atoms with Crippen molar-refractivity contribution in [2.75, 3.05) is 6.54 Å². The van der Waals surface area contributed by atoms with E-state index in [1.54, 1.807) is 6.08 Å². The number of ether oxygens (including phenoxy) is 2. The Morgan fingerprint density at radius 3 is 2.57 bits per heavy atom. The number of nitrogens with one attached hydrogen (secondary N) is 1. The molecule has 0 radical (unpaired) electrons. The molecule has 5 nitrogen and oxygen atoms in total. The SMILES string of the molecule is C=C[C@@]1(C)CC(=O)[C@@H]2[C@@]3(C)CCCC(C)(C)[C@@H]3C[C@H](OC(=O)C3CCCN3)[C@@]2(C)O1. The van der Waals surface area contributed by atoms with Gasteiger partial charge in [-0.25, -0.2) is 0 Å². The van der Waals surface area contributed by atoms with E-state index in [0.717, 1.165) is 45.1 Å². The topological polar surface area (TPSA) is 64.6 Å². The Morgan fingerprint density at radius 2 is 1.93 bits per heavy atom. The summed E-state index contributed by atoms with van der Waals surface area (Å²) < 4.78 is 12.9. The number of fused-ring (bicyclic) bond motifs is 3. The number of rotatable bonds is 3. The Kier molecular flexibility index (Phi) is 5.25. The number of hydrogen-bond acceptors (Lipinski definition) is 5. The zero-order valence-electron chi connectivity index (χ0n) is 19.4. The van der Waals surface area contributed by atoms with Crippen molar-refractivity contribution in [3.05, 3.63) is 12.7 Å². The van der Waals surface area contributed by atoms with E-state index in [4.69, 9.17) is 9.47 Å². The average Bonchev–Trinajstić information content (AvgIpc) is 3.16. The van der Waals surface area contributed by atoms with Crippen LogP contribution in [-0.2, 0) is 19.1 Å². The van der Waals surface area contributed by atoms with Gasteiger partial charge < -0.3 is 14.8 Å². The van der Waals surface area contributed by atoms with Gasteiger partial charge in [0.1, 0.15) is 23.5 Å². The van der Waals surface area contributed by atoms with Crippen LogP contribution in [0.15, 0.2) is 12.7 Å². The van der Waals surface area contributed by atoms with Crippen molar-refractivity contribution in [3.8, 4) is 0 Å². The number of esters is 1. The molecule has 0 aromatic carbocycles. The summed E-state index contributed by atoms with van der Waals surface area (Å²) >= 11 is 0. The van der Waals surface area contributed by atoms with E-state index in [0.29, 0.717) is 12.3 Å². The minimum Gasteiger partial charge on any atom is -0.458 e. The zero-order valence-corrected chi connectivity index (χ0v) is 19.4. The maximum absolute atomic E-state index is 13.7. The number of ketones is 1. The van der Waals surface area contributed by atoms with Crippen LogP contribution in [0.3, 0.4) is 0 Å². The quantitative estimate of drug-likeness (QED) is 0.551. The largest absolute Gasteiger partial charge is 0.458 e. The minimum atomic E-state index is -0.842.